The van der Waals surface area contributed by atoms with Crippen LogP contribution in [0.3, 0.4) is 0 Å². The maximum atomic E-state index is 11.5. The summed E-state index contributed by atoms with van der Waals surface area (Å²) in [5.41, 5.74) is 4.88. The van der Waals surface area contributed by atoms with Crippen molar-refractivity contribution in [3.8, 4) is 5.75 Å². The van der Waals surface area contributed by atoms with Crippen molar-refractivity contribution in [3.05, 3.63) is 24.3 Å². The van der Waals surface area contributed by atoms with Crippen LogP contribution in [0, 0.1) is 0 Å². The zero-order valence-electron chi connectivity index (χ0n) is 9.60. The van der Waals surface area contributed by atoms with Crippen molar-refractivity contribution in [2.45, 2.75) is 17.1 Å². The van der Waals surface area contributed by atoms with Gasteiger partial charge in [-0.05, 0) is 19.1 Å². The molecule has 0 saturated carbocycles. The number of methoxy groups -OCH3 is 1. The molecule has 0 fully saturated rings. The molecule has 1 rings (SSSR count). The molecule has 0 saturated heterocycles. The van der Waals surface area contributed by atoms with Gasteiger partial charge in [0, 0.05) is 0 Å². The SMILES string of the molecule is COc1ccccc1S[C@H](C)C(=O)NC(N)=O. The van der Waals surface area contributed by atoms with Crippen molar-refractivity contribution in [3.63, 3.8) is 0 Å². The first-order valence-corrected chi connectivity index (χ1v) is 5.82. The van der Waals surface area contributed by atoms with E-state index in [9.17, 15) is 9.59 Å². The molecule has 3 amide bonds. The maximum Gasteiger partial charge on any atom is 0.318 e. The minimum atomic E-state index is -0.845. The van der Waals surface area contributed by atoms with Crippen LogP contribution < -0.4 is 15.8 Å². The van der Waals surface area contributed by atoms with E-state index < -0.39 is 17.2 Å². The summed E-state index contributed by atoms with van der Waals surface area (Å²) in [6.45, 7) is 1.69. The number of thioether (sulfide) groups is 1. The summed E-state index contributed by atoms with van der Waals surface area (Å²) in [6, 6.07) is 6.50. The predicted octanol–water partition coefficient (Wildman–Crippen LogP) is 1.37. The summed E-state index contributed by atoms with van der Waals surface area (Å²) in [7, 11) is 1.56. The molecule has 0 heterocycles. The van der Waals surface area contributed by atoms with Gasteiger partial charge in [0.05, 0.1) is 17.3 Å². The average Bonchev–Trinajstić information content (AvgIpc) is 2.28. The van der Waals surface area contributed by atoms with Gasteiger partial charge in [-0.25, -0.2) is 4.79 Å². The number of amides is 3. The second-order valence-corrected chi connectivity index (χ2v) is 4.65. The number of ether oxygens (including phenoxy) is 1. The molecular weight excluding hydrogens is 240 g/mol. The topological polar surface area (TPSA) is 81.4 Å². The summed E-state index contributed by atoms with van der Waals surface area (Å²) in [4.78, 5) is 22.9. The third-order valence-corrected chi connectivity index (χ3v) is 3.15. The first kappa shape index (κ1) is 13.4. The molecule has 5 nitrogen and oxygen atoms in total. The minimum Gasteiger partial charge on any atom is -0.496 e. The number of benzene rings is 1. The molecule has 0 aliphatic carbocycles. The molecule has 0 aliphatic heterocycles. The summed E-state index contributed by atoms with van der Waals surface area (Å²) in [5, 5.41) is 1.61. The number of rotatable bonds is 4. The second kappa shape index (κ2) is 6.15. The fourth-order valence-corrected chi connectivity index (χ4v) is 2.15. The Labute approximate surface area is 104 Å². The van der Waals surface area contributed by atoms with Crippen LogP contribution in [-0.4, -0.2) is 24.3 Å². The van der Waals surface area contributed by atoms with E-state index in [4.69, 9.17) is 10.5 Å². The zero-order chi connectivity index (χ0) is 12.8. The van der Waals surface area contributed by atoms with Gasteiger partial charge < -0.3 is 10.5 Å². The Kier molecular flexibility index (Phi) is 4.84. The number of carbonyl (C=O) groups is 2. The van der Waals surface area contributed by atoms with Crippen molar-refractivity contribution < 1.29 is 14.3 Å². The predicted molar refractivity (Wildman–Crippen MR) is 66.0 cm³/mol. The number of imide groups is 1. The van der Waals surface area contributed by atoms with Gasteiger partial charge in [-0.1, -0.05) is 12.1 Å². The zero-order valence-corrected chi connectivity index (χ0v) is 10.4. The Morgan fingerprint density at radius 2 is 2.06 bits per heavy atom. The molecule has 0 aliphatic rings. The standard InChI is InChI=1S/C11H14N2O3S/c1-7(10(14)13-11(12)15)17-9-6-4-3-5-8(9)16-2/h3-7H,1-2H3,(H3,12,13,14,15)/t7-/m1/s1. The number of para-hydroxylation sites is 1. The molecule has 1 aromatic carbocycles. The fraction of sp³-hybridized carbons (Fsp3) is 0.273. The van der Waals surface area contributed by atoms with E-state index in [1.54, 1.807) is 20.1 Å². The Morgan fingerprint density at radius 1 is 1.41 bits per heavy atom. The summed E-state index contributed by atoms with van der Waals surface area (Å²) >= 11 is 1.30. The quantitative estimate of drug-likeness (QED) is 0.795. The summed E-state index contributed by atoms with van der Waals surface area (Å²) < 4.78 is 5.16. The Bertz CT molecular complexity index is 423. The van der Waals surface area contributed by atoms with Gasteiger partial charge in [-0.3, -0.25) is 10.1 Å². The maximum absolute atomic E-state index is 11.5. The van der Waals surface area contributed by atoms with Crippen molar-refractivity contribution >= 4 is 23.7 Å². The van der Waals surface area contributed by atoms with E-state index in [1.165, 1.54) is 11.8 Å². The van der Waals surface area contributed by atoms with Gasteiger partial charge in [0.1, 0.15) is 5.75 Å². The van der Waals surface area contributed by atoms with E-state index >= 15 is 0 Å². The molecule has 0 radical (unpaired) electrons. The van der Waals surface area contributed by atoms with Crippen molar-refractivity contribution in [2.75, 3.05) is 7.11 Å². The Morgan fingerprint density at radius 3 is 2.65 bits per heavy atom. The van der Waals surface area contributed by atoms with Gasteiger partial charge >= 0.3 is 6.03 Å². The number of urea groups is 1. The summed E-state index contributed by atoms with van der Waals surface area (Å²) in [6.07, 6.45) is 0. The van der Waals surface area contributed by atoms with Gasteiger partial charge in [-0.2, -0.15) is 0 Å². The van der Waals surface area contributed by atoms with Gasteiger partial charge in [-0.15, -0.1) is 11.8 Å². The van der Waals surface area contributed by atoms with Crippen LogP contribution in [0.15, 0.2) is 29.2 Å². The third kappa shape index (κ3) is 3.99. The molecule has 0 unspecified atom stereocenters. The van der Waals surface area contributed by atoms with E-state index in [0.717, 1.165) is 4.90 Å². The monoisotopic (exact) mass is 254 g/mol. The van der Waals surface area contributed by atoms with Crippen LogP contribution in [0.4, 0.5) is 4.79 Å². The molecule has 0 bridgehead atoms. The molecule has 1 aromatic rings. The largest absolute Gasteiger partial charge is 0.496 e. The van der Waals surface area contributed by atoms with E-state index in [1.807, 2.05) is 23.5 Å². The highest BCUT2D eigenvalue weighted by atomic mass is 32.2. The number of primary amides is 1. The van der Waals surface area contributed by atoms with Crippen LogP contribution >= 0.6 is 11.8 Å². The van der Waals surface area contributed by atoms with Crippen LogP contribution in [0.2, 0.25) is 0 Å². The number of nitrogens with one attached hydrogen (secondary N) is 1. The minimum absolute atomic E-state index is 0.423. The molecule has 1 atom stereocenters. The van der Waals surface area contributed by atoms with E-state index in [0.29, 0.717) is 5.75 Å². The molecule has 0 spiro atoms. The first-order valence-electron chi connectivity index (χ1n) is 4.94. The number of hydrogen-bond acceptors (Lipinski definition) is 4. The van der Waals surface area contributed by atoms with Crippen molar-refractivity contribution in [2.24, 2.45) is 5.73 Å². The highest BCUT2D eigenvalue weighted by molar-refractivity contribution is 8.00. The van der Waals surface area contributed by atoms with E-state index in [2.05, 4.69) is 0 Å². The lowest BCUT2D eigenvalue weighted by atomic mass is 10.3. The van der Waals surface area contributed by atoms with Crippen LogP contribution in [0.25, 0.3) is 0 Å². The Hall–Kier alpha value is -1.69. The summed E-state index contributed by atoms with van der Waals surface area (Å²) in [5.74, 6) is 0.268. The second-order valence-electron chi connectivity index (χ2n) is 3.26. The smallest absolute Gasteiger partial charge is 0.318 e. The normalized spacial score (nSPS) is 11.6. The van der Waals surface area contributed by atoms with Crippen LogP contribution in [0.1, 0.15) is 6.92 Å². The molecule has 0 aromatic heterocycles. The van der Waals surface area contributed by atoms with Crippen molar-refractivity contribution in [1.29, 1.82) is 0 Å². The van der Waals surface area contributed by atoms with Crippen molar-refractivity contribution in [1.82, 2.24) is 5.32 Å². The average molecular weight is 254 g/mol. The van der Waals surface area contributed by atoms with Crippen LogP contribution in [-0.2, 0) is 4.79 Å². The lowest BCUT2D eigenvalue weighted by Crippen LogP contribution is -2.39. The molecular formula is C11H14N2O3S. The van der Waals surface area contributed by atoms with Gasteiger partial charge in [0.25, 0.3) is 0 Å². The number of hydrogen-bond donors (Lipinski definition) is 2. The lowest BCUT2D eigenvalue weighted by Gasteiger charge is -2.12. The molecule has 3 N–H and O–H groups in total. The highest BCUT2D eigenvalue weighted by Gasteiger charge is 2.17. The highest BCUT2D eigenvalue weighted by Crippen LogP contribution is 2.31. The molecule has 17 heavy (non-hydrogen) atoms. The Balaban J connectivity index is 2.70. The lowest BCUT2D eigenvalue weighted by molar-refractivity contribution is -0.119. The number of carbonyl (C=O) groups excluding carboxylic acids is 2. The fourth-order valence-electron chi connectivity index (χ4n) is 1.18. The number of nitrogens with two attached hydrogens (primary N) is 1. The van der Waals surface area contributed by atoms with Gasteiger partial charge in [0.2, 0.25) is 5.91 Å². The molecule has 92 valence electrons. The molecule has 6 heteroatoms. The van der Waals surface area contributed by atoms with E-state index in [-0.39, 0.29) is 0 Å². The third-order valence-electron chi connectivity index (χ3n) is 1.99. The van der Waals surface area contributed by atoms with Gasteiger partial charge in [0.15, 0.2) is 0 Å². The van der Waals surface area contributed by atoms with Crippen LogP contribution in [0.5, 0.6) is 5.75 Å². The first-order chi connectivity index (χ1) is 8.04.